The number of morpholine rings is 1. The van der Waals surface area contributed by atoms with Crippen molar-refractivity contribution in [2.45, 2.75) is 4.90 Å². The third-order valence-electron chi connectivity index (χ3n) is 3.30. The molecule has 0 radical (unpaired) electrons. The fraction of sp³-hybridized carbons (Fsp3) is 0.500. The zero-order valence-electron chi connectivity index (χ0n) is 12.4. The number of nitrogens with one attached hydrogen (secondary N) is 1. The number of rotatable bonds is 6. The number of sulfonamides is 1. The van der Waals surface area contributed by atoms with Gasteiger partial charge in [0.15, 0.2) is 0 Å². The Morgan fingerprint density at radius 2 is 2.09 bits per heavy atom. The summed E-state index contributed by atoms with van der Waals surface area (Å²) in [5.74, 6) is -0.323. The van der Waals surface area contributed by atoms with Gasteiger partial charge in [-0.1, -0.05) is 6.07 Å². The van der Waals surface area contributed by atoms with Crippen LogP contribution in [0.1, 0.15) is 10.4 Å². The first kappa shape index (κ1) is 16.9. The van der Waals surface area contributed by atoms with Crippen molar-refractivity contribution in [1.82, 2.24) is 9.62 Å². The molecule has 0 aliphatic carbocycles. The van der Waals surface area contributed by atoms with E-state index in [0.29, 0.717) is 45.0 Å². The van der Waals surface area contributed by atoms with E-state index in [1.807, 2.05) is 0 Å². The van der Waals surface area contributed by atoms with Gasteiger partial charge in [0.1, 0.15) is 0 Å². The number of amides is 1. The molecule has 0 atom stereocenters. The number of hydrogen-bond acceptors (Lipinski definition) is 5. The number of carbonyl (C=O) groups excluding carboxylic acids is 1. The summed E-state index contributed by atoms with van der Waals surface area (Å²) in [6, 6.07) is 6.04. The van der Waals surface area contributed by atoms with Crippen LogP contribution in [0.3, 0.4) is 0 Å². The number of nitrogens with zero attached hydrogens (tertiary/aromatic N) is 1. The molecule has 1 aliphatic heterocycles. The average Bonchev–Trinajstić information content (AvgIpc) is 2.56. The molecule has 0 aromatic heterocycles. The molecular formula is C14H20N2O5S. The normalized spacial score (nSPS) is 16.4. The lowest BCUT2D eigenvalue weighted by molar-refractivity contribution is 0.0730. The Morgan fingerprint density at radius 3 is 2.77 bits per heavy atom. The van der Waals surface area contributed by atoms with Gasteiger partial charge >= 0.3 is 0 Å². The van der Waals surface area contributed by atoms with Crippen LogP contribution < -0.4 is 5.32 Å². The van der Waals surface area contributed by atoms with Crippen molar-refractivity contribution in [2.24, 2.45) is 0 Å². The third kappa shape index (κ3) is 4.04. The zero-order valence-corrected chi connectivity index (χ0v) is 13.3. The second-order valence-electron chi connectivity index (χ2n) is 4.79. The summed E-state index contributed by atoms with van der Waals surface area (Å²) < 4.78 is 36.5. The van der Waals surface area contributed by atoms with E-state index in [-0.39, 0.29) is 10.8 Å². The van der Waals surface area contributed by atoms with Crippen LogP contribution >= 0.6 is 0 Å². The maximum Gasteiger partial charge on any atom is 0.251 e. The van der Waals surface area contributed by atoms with E-state index in [1.54, 1.807) is 19.2 Å². The highest BCUT2D eigenvalue weighted by atomic mass is 32.2. The second-order valence-corrected chi connectivity index (χ2v) is 6.73. The first-order valence-electron chi connectivity index (χ1n) is 7.01. The average molecular weight is 328 g/mol. The second kappa shape index (κ2) is 7.68. The number of ether oxygens (including phenoxy) is 2. The molecule has 1 fully saturated rings. The summed E-state index contributed by atoms with van der Waals surface area (Å²) in [5, 5.41) is 2.67. The highest BCUT2D eigenvalue weighted by Gasteiger charge is 2.26. The Labute approximate surface area is 130 Å². The summed E-state index contributed by atoms with van der Waals surface area (Å²) in [6.07, 6.45) is 0. The predicted molar refractivity (Wildman–Crippen MR) is 80.2 cm³/mol. The standard InChI is InChI=1S/C14H20N2O5S/c1-20-8-5-15-14(17)12-3-2-4-13(11-12)22(18,19)16-6-9-21-10-7-16/h2-4,11H,5-10H2,1H3,(H,15,17). The molecule has 1 amide bonds. The SMILES string of the molecule is COCCNC(=O)c1cccc(S(=O)(=O)N2CCOCC2)c1. The van der Waals surface area contributed by atoms with Crippen molar-refractivity contribution >= 4 is 15.9 Å². The van der Waals surface area contributed by atoms with Gasteiger partial charge in [0.25, 0.3) is 5.91 Å². The Bertz CT molecular complexity index is 611. The Kier molecular flexibility index (Phi) is 5.90. The highest BCUT2D eigenvalue weighted by Crippen LogP contribution is 2.18. The quantitative estimate of drug-likeness (QED) is 0.748. The fourth-order valence-electron chi connectivity index (χ4n) is 2.10. The van der Waals surface area contributed by atoms with Crippen LogP contribution in [0.5, 0.6) is 0 Å². The summed E-state index contributed by atoms with van der Waals surface area (Å²) in [7, 11) is -2.05. The Morgan fingerprint density at radius 1 is 1.36 bits per heavy atom. The van der Waals surface area contributed by atoms with Gasteiger partial charge in [-0.05, 0) is 18.2 Å². The minimum absolute atomic E-state index is 0.119. The molecule has 1 aliphatic rings. The molecule has 0 unspecified atom stereocenters. The lowest BCUT2D eigenvalue weighted by atomic mass is 10.2. The van der Waals surface area contributed by atoms with Crippen LogP contribution in [-0.4, -0.2) is 65.2 Å². The fourth-order valence-corrected chi connectivity index (χ4v) is 3.56. The van der Waals surface area contributed by atoms with E-state index in [4.69, 9.17) is 9.47 Å². The largest absolute Gasteiger partial charge is 0.383 e. The van der Waals surface area contributed by atoms with Crippen LogP contribution in [0.25, 0.3) is 0 Å². The Balaban J connectivity index is 2.15. The summed E-state index contributed by atoms with van der Waals surface area (Å²) >= 11 is 0. The molecule has 0 spiro atoms. The predicted octanol–water partition coefficient (Wildman–Crippen LogP) is 0.0837. The molecule has 8 heteroatoms. The molecule has 1 aromatic rings. The van der Waals surface area contributed by atoms with Gasteiger partial charge in [0.2, 0.25) is 10.0 Å². The summed E-state index contributed by atoms with van der Waals surface area (Å²) in [6.45, 7) is 2.19. The van der Waals surface area contributed by atoms with E-state index >= 15 is 0 Å². The van der Waals surface area contributed by atoms with Gasteiger partial charge in [-0.3, -0.25) is 4.79 Å². The molecule has 0 saturated carbocycles. The maximum atomic E-state index is 12.5. The summed E-state index contributed by atoms with van der Waals surface area (Å²) in [5.41, 5.74) is 0.311. The first-order valence-corrected chi connectivity index (χ1v) is 8.45. The minimum atomic E-state index is -3.59. The molecule has 1 heterocycles. The van der Waals surface area contributed by atoms with Gasteiger partial charge in [0.05, 0.1) is 24.7 Å². The number of methoxy groups -OCH3 is 1. The molecule has 1 aromatic carbocycles. The van der Waals surface area contributed by atoms with Gasteiger partial charge in [-0.15, -0.1) is 0 Å². The van der Waals surface area contributed by atoms with E-state index in [9.17, 15) is 13.2 Å². The molecule has 22 heavy (non-hydrogen) atoms. The van der Waals surface area contributed by atoms with E-state index in [0.717, 1.165) is 0 Å². The van der Waals surface area contributed by atoms with Crippen molar-refractivity contribution in [1.29, 1.82) is 0 Å². The number of carbonyl (C=O) groups is 1. The van der Waals surface area contributed by atoms with Crippen LogP contribution in [0.2, 0.25) is 0 Å². The van der Waals surface area contributed by atoms with Gasteiger partial charge in [-0.2, -0.15) is 4.31 Å². The van der Waals surface area contributed by atoms with E-state index < -0.39 is 10.0 Å². The lowest BCUT2D eigenvalue weighted by Crippen LogP contribution is -2.40. The molecule has 7 nitrogen and oxygen atoms in total. The molecular weight excluding hydrogens is 308 g/mol. The monoisotopic (exact) mass is 328 g/mol. The lowest BCUT2D eigenvalue weighted by Gasteiger charge is -2.26. The molecule has 1 saturated heterocycles. The van der Waals surface area contributed by atoms with Gasteiger partial charge in [0, 0.05) is 32.3 Å². The topological polar surface area (TPSA) is 84.9 Å². The smallest absolute Gasteiger partial charge is 0.251 e. The molecule has 122 valence electrons. The van der Waals surface area contributed by atoms with Crippen LogP contribution in [0, 0.1) is 0 Å². The van der Waals surface area contributed by atoms with Crippen molar-refractivity contribution in [3.63, 3.8) is 0 Å². The summed E-state index contributed by atoms with van der Waals surface area (Å²) in [4.78, 5) is 12.1. The van der Waals surface area contributed by atoms with Crippen molar-refractivity contribution < 1.29 is 22.7 Å². The molecule has 1 N–H and O–H groups in total. The first-order chi connectivity index (χ1) is 10.6. The third-order valence-corrected chi connectivity index (χ3v) is 5.19. The van der Waals surface area contributed by atoms with Crippen molar-refractivity contribution in [2.75, 3.05) is 46.6 Å². The van der Waals surface area contributed by atoms with Gasteiger partial charge < -0.3 is 14.8 Å². The van der Waals surface area contributed by atoms with Crippen LogP contribution in [-0.2, 0) is 19.5 Å². The van der Waals surface area contributed by atoms with Crippen molar-refractivity contribution in [3.8, 4) is 0 Å². The minimum Gasteiger partial charge on any atom is -0.383 e. The number of benzene rings is 1. The van der Waals surface area contributed by atoms with Crippen molar-refractivity contribution in [3.05, 3.63) is 29.8 Å². The molecule has 2 rings (SSSR count). The Hall–Kier alpha value is -1.48. The highest BCUT2D eigenvalue weighted by molar-refractivity contribution is 7.89. The number of hydrogen-bond donors (Lipinski definition) is 1. The van der Waals surface area contributed by atoms with Crippen LogP contribution in [0.15, 0.2) is 29.2 Å². The van der Waals surface area contributed by atoms with Crippen LogP contribution in [0.4, 0.5) is 0 Å². The molecule has 0 bridgehead atoms. The van der Waals surface area contributed by atoms with E-state index in [1.165, 1.54) is 16.4 Å². The maximum absolute atomic E-state index is 12.5. The zero-order chi connectivity index (χ0) is 16.0. The van der Waals surface area contributed by atoms with Gasteiger partial charge in [-0.25, -0.2) is 8.42 Å². The van der Waals surface area contributed by atoms with E-state index in [2.05, 4.69) is 5.32 Å².